The van der Waals surface area contributed by atoms with Gasteiger partial charge in [-0.2, -0.15) is 0 Å². The van der Waals surface area contributed by atoms with Crippen LogP contribution in [0.2, 0.25) is 0 Å². The summed E-state index contributed by atoms with van der Waals surface area (Å²) < 4.78 is 0. The van der Waals surface area contributed by atoms with Crippen molar-refractivity contribution in [3.63, 3.8) is 0 Å². The molecular weight excluding hydrogens is 204 g/mol. The molecule has 3 N–H and O–H groups in total. The summed E-state index contributed by atoms with van der Waals surface area (Å²) in [6.07, 6.45) is 1.09. The van der Waals surface area contributed by atoms with E-state index < -0.39 is 0 Å². The van der Waals surface area contributed by atoms with Crippen LogP contribution in [-0.4, -0.2) is 12.6 Å². The van der Waals surface area contributed by atoms with Gasteiger partial charge in [0.05, 0.1) is 0 Å². The molecule has 1 rings (SSSR count). The van der Waals surface area contributed by atoms with E-state index in [-0.39, 0.29) is 6.04 Å². The van der Waals surface area contributed by atoms with Crippen LogP contribution in [0.3, 0.4) is 0 Å². The molecule has 1 aromatic rings. The smallest absolute Gasteiger partial charge is 0.0300 e. The van der Waals surface area contributed by atoms with Crippen molar-refractivity contribution in [3.05, 3.63) is 21.9 Å². The molecule has 2 nitrogen and oxygen atoms in total. The highest BCUT2D eigenvalue weighted by molar-refractivity contribution is 7.11. The van der Waals surface area contributed by atoms with Crippen LogP contribution in [0.4, 0.5) is 0 Å². The predicted molar refractivity (Wildman–Crippen MR) is 68.2 cm³/mol. The molecule has 86 valence electrons. The lowest BCUT2D eigenvalue weighted by Gasteiger charge is -2.14. The molecule has 0 saturated carbocycles. The highest BCUT2D eigenvalue weighted by Gasteiger charge is 2.05. The first-order valence-electron chi connectivity index (χ1n) is 5.59. The van der Waals surface area contributed by atoms with E-state index in [2.05, 4.69) is 38.2 Å². The van der Waals surface area contributed by atoms with E-state index >= 15 is 0 Å². The topological polar surface area (TPSA) is 38.0 Å². The van der Waals surface area contributed by atoms with Gasteiger partial charge in [0, 0.05) is 28.9 Å². The van der Waals surface area contributed by atoms with Crippen molar-refractivity contribution in [3.8, 4) is 0 Å². The van der Waals surface area contributed by atoms with Crippen LogP contribution in [0.25, 0.3) is 0 Å². The minimum Gasteiger partial charge on any atom is -0.327 e. The minimum atomic E-state index is 0.283. The molecule has 0 aromatic carbocycles. The number of rotatable bonds is 6. The maximum absolute atomic E-state index is 5.98. The summed E-state index contributed by atoms with van der Waals surface area (Å²) in [5.74, 6) is 0.686. The third-order valence-electron chi connectivity index (χ3n) is 2.28. The van der Waals surface area contributed by atoms with Gasteiger partial charge in [-0.05, 0) is 31.4 Å². The largest absolute Gasteiger partial charge is 0.327 e. The second kappa shape index (κ2) is 6.26. The molecule has 0 aliphatic rings. The Bertz CT molecular complexity index is 281. The maximum atomic E-state index is 5.98. The van der Waals surface area contributed by atoms with Gasteiger partial charge in [-0.1, -0.05) is 13.8 Å². The molecule has 0 aliphatic carbocycles. The Morgan fingerprint density at radius 2 is 2.13 bits per heavy atom. The fraction of sp³-hybridized carbons (Fsp3) is 0.667. The van der Waals surface area contributed by atoms with Gasteiger partial charge in [0.1, 0.15) is 0 Å². The zero-order valence-corrected chi connectivity index (χ0v) is 10.7. The lowest BCUT2D eigenvalue weighted by atomic mass is 10.0. The van der Waals surface area contributed by atoms with E-state index in [1.807, 2.05) is 11.3 Å². The molecule has 0 amide bonds. The van der Waals surface area contributed by atoms with Crippen molar-refractivity contribution in [2.45, 2.75) is 39.8 Å². The summed E-state index contributed by atoms with van der Waals surface area (Å²) in [5.41, 5.74) is 5.98. The van der Waals surface area contributed by atoms with Gasteiger partial charge < -0.3 is 11.1 Å². The van der Waals surface area contributed by atoms with E-state index in [0.717, 1.165) is 19.5 Å². The third-order valence-corrected chi connectivity index (χ3v) is 3.28. The van der Waals surface area contributed by atoms with Gasteiger partial charge >= 0.3 is 0 Å². The third kappa shape index (κ3) is 5.30. The van der Waals surface area contributed by atoms with Crippen LogP contribution in [0.5, 0.6) is 0 Å². The average Bonchev–Trinajstić information content (AvgIpc) is 2.50. The SMILES string of the molecule is Cc1ccc(CNCC(N)CC(C)C)s1. The summed E-state index contributed by atoms with van der Waals surface area (Å²) in [4.78, 5) is 2.77. The molecule has 1 heterocycles. The molecule has 0 bridgehead atoms. The van der Waals surface area contributed by atoms with Gasteiger partial charge in [0.2, 0.25) is 0 Å². The van der Waals surface area contributed by atoms with E-state index in [1.165, 1.54) is 9.75 Å². The van der Waals surface area contributed by atoms with Crippen LogP contribution < -0.4 is 11.1 Å². The maximum Gasteiger partial charge on any atom is 0.0300 e. The zero-order chi connectivity index (χ0) is 11.3. The number of thiophene rings is 1. The molecule has 0 aliphatic heterocycles. The van der Waals surface area contributed by atoms with Crippen LogP contribution in [0.1, 0.15) is 30.0 Å². The average molecular weight is 226 g/mol. The normalized spacial score (nSPS) is 13.4. The molecule has 0 saturated heterocycles. The number of hydrogen-bond donors (Lipinski definition) is 2. The van der Waals surface area contributed by atoms with E-state index in [1.54, 1.807) is 0 Å². The number of nitrogens with one attached hydrogen (secondary N) is 1. The van der Waals surface area contributed by atoms with Crippen molar-refractivity contribution >= 4 is 11.3 Å². The summed E-state index contributed by atoms with van der Waals surface area (Å²) in [6.45, 7) is 8.42. The Hall–Kier alpha value is -0.380. The van der Waals surface area contributed by atoms with Gasteiger partial charge in [-0.3, -0.25) is 0 Å². The Balaban J connectivity index is 2.16. The zero-order valence-electron chi connectivity index (χ0n) is 9.92. The van der Waals surface area contributed by atoms with Crippen molar-refractivity contribution in [2.24, 2.45) is 11.7 Å². The monoisotopic (exact) mass is 226 g/mol. The van der Waals surface area contributed by atoms with Gasteiger partial charge in [0.15, 0.2) is 0 Å². The van der Waals surface area contributed by atoms with Crippen LogP contribution in [0, 0.1) is 12.8 Å². The Labute approximate surface area is 96.9 Å². The van der Waals surface area contributed by atoms with Crippen molar-refractivity contribution in [2.75, 3.05) is 6.54 Å². The first kappa shape index (κ1) is 12.7. The fourth-order valence-electron chi connectivity index (χ4n) is 1.65. The number of aryl methyl sites for hydroxylation is 1. The highest BCUT2D eigenvalue weighted by Crippen LogP contribution is 2.14. The van der Waals surface area contributed by atoms with Gasteiger partial charge in [-0.25, -0.2) is 0 Å². The molecule has 1 atom stereocenters. The van der Waals surface area contributed by atoms with Crippen LogP contribution >= 0.6 is 11.3 Å². The molecule has 15 heavy (non-hydrogen) atoms. The van der Waals surface area contributed by atoms with Gasteiger partial charge in [-0.15, -0.1) is 11.3 Å². The van der Waals surface area contributed by atoms with E-state index in [4.69, 9.17) is 5.73 Å². The van der Waals surface area contributed by atoms with Crippen LogP contribution in [0.15, 0.2) is 12.1 Å². The molecule has 1 unspecified atom stereocenters. The van der Waals surface area contributed by atoms with Gasteiger partial charge in [0.25, 0.3) is 0 Å². The Kier molecular flexibility index (Phi) is 5.29. The number of hydrogen-bond acceptors (Lipinski definition) is 3. The van der Waals surface area contributed by atoms with E-state index in [0.29, 0.717) is 5.92 Å². The first-order chi connectivity index (χ1) is 7.08. The first-order valence-corrected chi connectivity index (χ1v) is 6.41. The molecule has 0 spiro atoms. The number of nitrogens with two attached hydrogens (primary N) is 1. The Morgan fingerprint density at radius 3 is 2.67 bits per heavy atom. The predicted octanol–water partition coefficient (Wildman–Crippen LogP) is 2.52. The molecule has 0 radical (unpaired) electrons. The van der Waals surface area contributed by atoms with E-state index in [9.17, 15) is 0 Å². The summed E-state index contributed by atoms with van der Waals surface area (Å²) in [6, 6.07) is 4.63. The molecule has 1 aromatic heterocycles. The van der Waals surface area contributed by atoms with Crippen LogP contribution in [-0.2, 0) is 6.54 Å². The molecular formula is C12H22N2S. The second-order valence-electron chi connectivity index (χ2n) is 4.53. The second-order valence-corrected chi connectivity index (χ2v) is 5.91. The van der Waals surface area contributed by atoms with Crippen molar-refractivity contribution in [1.82, 2.24) is 5.32 Å². The molecule has 0 fully saturated rings. The summed E-state index contributed by atoms with van der Waals surface area (Å²) >= 11 is 1.85. The Morgan fingerprint density at radius 1 is 1.40 bits per heavy atom. The fourth-order valence-corrected chi connectivity index (χ4v) is 2.51. The quantitative estimate of drug-likeness (QED) is 0.782. The molecule has 3 heteroatoms. The van der Waals surface area contributed by atoms with Crippen molar-refractivity contribution < 1.29 is 0 Å². The summed E-state index contributed by atoms with van der Waals surface area (Å²) in [5, 5.41) is 3.41. The minimum absolute atomic E-state index is 0.283. The van der Waals surface area contributed by atoms with Crippen molar-refractivity contribution in [1.29, 1.82) is 0 Å². The summed E-state index contributed by atoms with van der Waals surface area (Å²) in [7, 11) is 0. The highest BCUT2D eigenvalue weighted by atomic mass is 32.1. The lowest BCUT2D eigenvalue weighted by molar-refractivity contribution is 0.468. The lowest BCUT2D eigenvalue weighted by Crippen LogP contribution is -2.34. The standard InChI is InChI=1S/C12H22N2S/c1-9(2)6-11(13)7-14-8-12-5-4-10(3)15-12/h4-5,9,11,14H,6-8,13H2,1-3H3.